The van der Waals surface area contributed by atoms with E-state index in [1.54, 1.807) is 22.9 Å². The van der Waals surface area contributed by atoms with Gasteiger partial charge in [0.2, 0.25) is 0 Å². The Morgan fingerprint density at radius 3 is 2.48 bits per heavy atom. The first-order chi connectivity index (χ1) is 19.5. The van der Waals surface area contributed by atoms with E-state index < -0.39 is 17.7 Å². The number of para-hydroxylation sites is 2. The summed E-state index contributed by atoms with van der Waals surface area (Å²) < 4.78 is 18.3. The number of aliphatic hydroxyl groups excluding tert-OH is 1. The fraction of sp³-hybridized carbons (Fsp3) is 0.367. The molecule has 40 heavy (non-hydrogen) atoms. The molecule has 2 fully saturated rings. The minimum atomic E-state index is -0.866. The molecule has 0 bridgehead atoms. The van der Waals surface area contributed by atoms with Crippen molar-refractivity contribution < 1.29 is 28.9 Å². The number of methoxy groups -OCH3 is 2. The molecule has 10 heteroatoms. The molecule has 0 radical (unpaired) electrons. The highest BCUT2D eigenvalue weighted by Crippen LogP contribution is 2.45. The van der Waals surface area contributed by atoms with Gasteiger partial charge in [-0.05, 0) is 31.5 Å². The Labute approximate surface area is 233 Å². The van der Waals surface area contributed by atoms with Gasteiger partial charge in [-0.25, -0.2) is 4.68 Å². The van der Waals surface area contributed by atoms with E-state index in [0.717, 1.165) is 25.3 Å². The molecule has 0 unspecified atom stereocenters. The fourth-order valence-corrected chi connectivity index (χ4v) is 5.47. The van der Waals surface area contributed by atoms with Crippen LogP contribution < -0.4 is 9.47 Å². The number of likely N-dealkylation sites (tertiary alicyclic amines) is 1. The molecule has 3 aromatic rings. The summed E-state index contributed by atoms with van der Waals surface area (Å²) in [5.41, 5.74) is 2.38. The van der Waals surface area contributed by atoms with Gasteiger partial charge in [-0.3, -0.25) is 14.5 Å². The second-order valence-electron chi connectivity index (χ2n) is 9.77. The number of Topliss-reactive ketones (excluding diaryl/α,β-unsaturated/α-hetero) is 1. The van der Waals surface area contributed by atoms with Crippen LogP contribution in [0.3, 0.4) is 0 Å². The van der Waals surface area contributed by atoms with Crippen molar-refractivity contribution in [1.82, 2.24) is 19.6 Å². The first-order valence-electron chi connectivity index (χ1n) is 13.4. The van der Waals surface area contributed by atoms with E-state index in [2.05, 4.69) is 10.00 Å². The number of nitrogens with zero attached hydrogens (tertiary/aromatic N) is 4. The van der Waals surface area contributed by atoms with Gasteiger partial charge in [0.15, 0.2) is 11.5 Å². The van der Waals surface area contributed by atoms with Gasteiger partial charge in [-0.15, -0.1) is 0 Å². The lowest BCUT2D eigenvalue weighted by atomic mass is 9.94. The Bertz CT molecular complexity index is 1410. The smallest absolute Gasteiger partial charge is 0.295 e. The van der Waals surface area contributed by atoms with Gasteiger partial charge in [0.25, 0.3) is 11.7 Å². The van der Waals surface area contributed by atoms with Crippen LogP contribution in [0.25, 0.3) is 11.4 Å². The van der Waals surface area contributed by atoms with Crippen molar-refractivity contribution >= 4 is 17.4 Å². The molecule has 0 aliphatic carbocycles. The van der Waals surface area contributed by atoms with Crippen molar-refractivity contribution in [2.45, 2.75) is 19.4 Å². The van der Waals surface area contributed by atoms with Gasteiger partial charge in [0.1, 0.15) is 5.76 Å². The van der Waals surface area contributed by atoms with Gasteiger partial charge in [-0.2, -0.15) is 5.10 Å². The summed E-state index contributed by atoms with van der Waals surface area (Å²) in [7, 11) is 3.04. The van der Waals surface area contributed by atoms with E-state index >= 15 is 0 Å². The SMILES string of the molecule is COc1cccc([C@H]2C(=C(O)c3cnn(-c4ccccc4)c3C)C(=O)C(=O)N2CCCN2CCOCC2)c1OC. The molecule has 5 rings (SSSR count). The zero-order valence-electron chi connectivity index (χ0n) is 23.0. The molecule has 2 aliphatic rings. The van der Waals surface area contributed by atoms with Crippen molar-refractivity contribution in [3.63, 3.8) is 0 Å². The van der Waals surface area contributed by atoms with E-state index in [9.17, 15) is 14.7 Å². The number of rotatable bonds is 9. The van der Waals surface area contributed by atoms with Crippen molar-refractivity contribution in [1.29, 1.82) is 0 Å². The Kier molecular flexibility index (Phi) is 8.18. The molecule has 2 aromatic carbocycles. The quantitative estimate of drug-likeness (QED) is 0.248. The van der Waals surface area contributed by atoms with Crippen LogP contribution in [-0.4, -0.2) is 90.0 Å². The van der Waals surface area contributed by atoms with Crippen LogP contribution in [0.5, 0.6) is 11.5 Å². The zero-order valence-corrected chi connectivity index (χ0v) is 23.0. The predicted molar refractivity (Wildman–Crippen MR) is 149 cm³/mol. The topological polar surface area (TPSA) is 106 Å². The molecular weight excluding hydrogens is 512 g/mol. The number of hydrogen-bond acceptors (Lipinski definition) is 8. The van der Waals surface area contributed by atoms with Crippen LogP contribution in [0.4, 0.5) is 0 Å². The van der Waals surface area contributed by atoms with Crippen LogP contribution in [0.2, 0.25) is 0 Å². The van der Waals surface area contributed by atoms with Crippen LogP contribution >= 0.6 is 0 Å². The van der Waals surface area contributed by atoms with Crippen molar-refractivity contribution in [2.75, 3.05) is 53.6 Å². The average molecular weight is 547 g/mol. The predicted octanol–water partition coefficient (Wildman–Crippen LogP) is 3.34. The second-order valence-corrected chi connectivity index (χ2v) is 9.77. The minimum absolute atomic E-state index is 0.00126. The molecule has 1 aromatic heterocycles. The van der Waals surface area contributed by atoms with Crippen LogP contribution in [0.15, 0.2) is 60.3 Å². The number of ketones is 1. The molecule has 1 amide bonds. The van der Waals surface area contributed by atoms with Crippen LogP contribution in [-0.2, 0) is 14.3 Å². The zero-order chi connectivity index (χ0) is 28.2. The van der Waals surface area contributed by atoms with Crippen LogP contribution in [0, 0.1) is 6.92 Å². The number of benzene rings is 2. The summed E-state index contributed by atoms with van der Waals surface area (Å²) in [4.78, 5) is 30.9. The number of aromatic nitrogens is 2. The van der Waals surface area contributed by atoms with E-state index in [1.807, 2.05) is 37.3 Å². The third-order valence-electron chi connectivity index (χ3n) is 7.51. The number of amides is 1. The molecule has 3 heterocycles. The fourth-order valence-electron chi connectivity index (χ4n) is 5.47. The van der Waals surface area contributed by atoms with Crippen LogP contribution in [0.1, 0.15) is 29.3 Å². The largest absolute Gasteiger partial charge is 0.507 e. The molecule has 1 N–H and O–H groups in total. The highest BCUT2D eigenvalue weighted by Gasteiger charge is 2.47. The summed E-state index contributed by atoms with van der Waals surface area (Å²) in [6, 6.07) is 14.0. The number of hydrogen-bond donors (Lipinski definition) is 1. The van der Waals surface area contributed by atoms with Gasteiger partial charge in [-0.1, -0.05) is 30.3 Å². The van der Waals surface area contributed by atoms with E-state index in [1.165, 1.54) is 25.3 Å². The third kappa shape index (κ3) is 5.07. The Balaban J connectivity index is 1.57. The van der Waals surface area contributed by atoms with E-state index in [0.29, 0.717) is 54.5 Å². The summed E-state index contributed by atoms with van der Waals surface area (Å²) >= 11 is 0. The van der Waals surface area contributed by atoms with Crippen molar-refractivity contribution in [3.05, 3.63) is 77.1 Å². The number of ether oxygens (including phenoxy) is 3. The summed E-state index contributed by atoms with van der Waals surface area (Å²) in [5.74, 6) is -0.814. The van der Waals surface area contributed by atoms with Gasteiger partial charge >= 0.3 is 0 Å². The number of carbonyl (C=O) groups excluding carboxylic acids is 2. The Hall–Kier alpha value is -4.15. The number of aliphatic hydroxyl groups is 1. The Morgan fingerprint density at radius 2 is 1.77 bits per heavy atom. The van der Waals surface area contributed by atoms with Gasteiger partial charge in [0.05, 0.1) is 62.2 Å². The molecule has 0 spiro atoms. The molecule has 1 atom stereocenters. The standard InChI is InChI=1S/C30H34N4O6/c1-20-23(19-31-34(20)21-9-5-4-6-10-21)27(35)25-26(22-11-7-12-24(38-2)29(22)39-3)33(30(37)28(25)36)14-8-13-32-15-17-40-18-16-32/h4-7,9-12,19,26,35H,8,13-18H2,1-3H3/t26-/m0/s1. The minimum Gasteiger partial charge on any atom is -0.507 e. The Morgan fingerprint density at radius 1 is 1.02 bits per heavy atom. The maximum Gasteiger partial charge on any atom is 0.295 e. The molecular formula is C30H34N4O6. The summed E-state index contributed by atoms with van der Waals surface area (Å²) in [6.07, 6.45) is 2.17. The first kappa shape index (κ1) is 27.4. The molecule has 2 aliphatic heterocycles. The molecule has 10 nitrogen and oxygen atoms in total. The second kappa shape index (κ2) is 11.9. The average Bonchev–Trinajstić information content (AvgIpc) is 3.49. The van der Waals surface area contributed by atoms with Gasteiger partial charge < -0.3 is 24.2 Å². The van der Waals surface area contributed by atoms with E-state index in [-0.39, 0.29) is 11.3 Å². The monoisotopic (exact) mass is 546 g/mol. The third-order valence-corrected chi connectivity index (χ3v) is 7.51. The van der Waals surface area contributed by atoms with Gasteiger partial charge in [0, 0.05) is 31.7 Å². The lowest BCUT2D eigenvalue weighted by Gasteiger charge is -2.29. The lowest BCUT2D eigenvalue weighted by molar-refractivity contribution is -0.140. The summed E-state index contributed by atoms with van der Waals surface area (Å²) in [6.45, 7) is 5.92. The molecule has 0 saturated carbocycles. The lowest BCUT2D eigenvalue weighted by Crippen LogP contribution is -2.39. The van der Waals surface area contributed by atoms with Crippen molar-refractivity contribution in [2.24, 2.45) is 0 Å². The maximum atomic E-state index is 13.6. The highest BCUT2D eigenvalue weighted by molar-refractivity contribution is 6.46. The molecule has 210 valence electrons. The number of morpholine rings is 1. The first-order valence-corrected chi connectivity index (χ1v) is 13.4. The molecule has 2 saturated heterocycles. The summed E-state index contributed by atoms with van der Waals surface area (Å²) in [5, 5.41) is 16.1. The maximum absolute atomic E-state index is 13.6. The normalized spacial score (nSPS) is 19.3. The highest BCUT2D eigenvalue weighted by atomic mass is 16.5. The van der Waals surface area contributed by atoms with Crippen molar-refractivity contribution in [3.8, 4) is 17.2 Å². The number of carbonyl (C=O) groups is 2. The van der Waals surface area contributed by atoms with E-state index in [4.69, 9.17) is 14.2 Å².